The molecule has 1 rings (SSSR count). The number of ketones is 1. The first-order chi connectivity index (χ1) is 30.3. The van der Waals surface area contributed by atoms with Crippen LogP contribution >= 0.6 is 6.49 Å². The highest BCUT2D eigenvalue weighted by atomic mass is 32.5. The topological polar surface area (TPSA) is 237 Å². The van der Waals surface area contributed by atoms with Crippen molar-refractivity contribution in [1.82, 2.24) is 20.9 Å². The van der Waals surface area contributed by atoms with Crippen molar-refractivity contribution in [2.45, 2.75) is 83.0 Å². The number of hydrogen-bond donors (Lipinski definition) is 4. The lowest BCUT2D eigenvalue weighted by Gasteiger charge is -2.33. The fourth-order valence-electron chi connectivity index (χ4n) is 5.92. The lowest BCUT2D eigenvalue weighted by Crippen LogP contribution is -2.54. The van der Waals surface area contributed by atoms with Crippen LogP contribution in [0.4, 0.5) is 0 Å². The Morgan fingerprint density at radius 3 is 1.51 bits per heavy atom. The Bertz CT molecular complexity index is 1260. The fourth-order valence-corrected chi connectivity index (χ4v) is 7.17. The number of ether oxygens (including phenoxy) is 9. The highest BCUT2D eigenvalue weighted by Gasteiger charge is 2.34. The molecule has 0 bridgehead atoms. The number of carbonyl (C=O) groups is 5. The van der Waals surface area contributed by atoms with Gasteiger partial charge in [-0.2, -0.15) is 0 Å². The molecule has 0 aliphatic heterocycles. The van der Waals surface area contributed by atoms with E-state index in [1.165, 1.54) is 0 Å². The van der Waals surface area contributed by atoms with Crippen LogP contribution < -0.4 is 16.0 Å². The summed E-state index contributed by atoms with van der Waals surface area (Å²) in [5.41, 5.74) is -0.206. The maximum Gasteiger partial charge on any atom is 0.246 e. The number of methoxy groups -OCH3 is 3. The van der Waals surface area contributed by atoms with E-state index in [0.717, 1.165) is 4.90 Å². The largest absolute Gasteiger partial charge is 0.382 e. The highest BCUT2D eigenvalue weighted by molar-refractivity contribution is 8.09. The SMILES string of the molecule is COCCOCCOCCCC(=O)CCC(NC(=O)C1CCC(OP(O)(=S)C(C)C)CC1)C(=O)N(CC(=O)NCCOCCOCCOC)CC(=O)NCCOCCOCCOC. The van der Waals surface area contributed by atoms with Crippen LogP contribution in [-0.4, -0.2) is 204 Å². The summed E-state index contributed by atoms with van der Waals surface area (Å²) in [6.45, 7) is 5.39. The van der Waals surface area contributed by atoms with E-state index < -0.39 is 55.2 Å². The average Bonchev–Trinajstić information content (AvgIpc) is 3.25. The number of amides is 4. The molecule has 2 atom stereocenters. The van der Waals surface area contributed by atoms with Crippen LogP contribution in [-0.2, 0) is 82.9 Å². The van der Waals surface area contributed by atoms with Crippen molar-refractivity contribution in [2.24, 2.45) is 5.92 Å². The molecule has 1 fully saturated rings. The number of carbonyl (C=O) groups excluding carboxylic acids is 5. The Kier molecular flexibility index (Phi) is 35.4. The second-order valence-electron chi connectivity index (χ2n) is 15.0. The molecule has 0 aromatic carbocycles. The molecule has 0 radical (unpaired) electrons. The Morgan fingerprint density at radius 1 is 0.635 bits per heavy atom. The standard InChI is InChI=1S/C41H77N4O16PS/c1-33(2)62(51,63)61-36-11-8-34(9-12-36)40(49)44-37(13-10-35(46)7-6-16-55-25-28-58-22-19-52-3)41(50)45(31-38(47)42-14-17-56-26-29-59-23-20-53-4)32-39(48)43-15-18-57-27-30-60-24-21-54-5/h33-34,36-37H,6-32H2,1-5H3,(H,42,47)(H,43,48)(H,44,49)(H,51,63). The zero-order valence-corrected chi connectivity index (χ0v) is 40.0. The summed E-state index contributed by atoms with van der Waals surface area (Å²) < 4.78 is 53.4. The van der Waals surface area contributed by atoms with Gasteiger partial charge in [0.15, 0.2) is 6.49 Å². The molecular formula is C41H77N4O16PS. The van der Waals surface area contributed by atoms with Crippen molar-refractivity contribution in [2.75, 3.05) is 147 Å². The third-order valence-corrected chi connectivity index (χ3v) is 13.0. The van der Waals surface area contributed by atoms with Gasteiger partial charge in [-0.1, -0.05) is 13.8 Å². The minimum atomic E-state index is -2.98. The zero-order valence-electron chi connectivity index (χ0n) is 38.3. The lowest BCUT2D eigenvalue weighted by atomic mass is 9.86. The van der Waals surface area contributed by atoms with E-state index in [2.05, 4.69) is 16.0 Å². The van der Waals surface area contributed by atoms with Gasteiger partial charge in [0, 0.05) is 65.4 Å². The van der Waals surface area contributed by atoms with E-state index in [9.17, 15) is 28.9 Å². The molecule has 1 aliphatic carbocycles. The summed E-state index contributed by atoms with van der Waals surface area (Å²) in [4.78, 5) is 79.2. The summed E-state index contributed by atoms with van der Waals surface area (Å²) in [6, 6.07) is -1.22. The molecule has 63 heavy (non-hydrogen) atoms. The number of rotatable bonds is 41. The molecule has 0 saturated heterocycles. The van der Waals surface area contributed by atoms with Gasteiger partial charge in [-0.15, -0.1) is 0 Å². The van der Waals surface area contributed by atoms with Crippen LogP contribution in [0.3, 0.4) is 0 Å². The molecular weight excluding hydrogens is 868 g/mol. The third-order valence-electron chi connectivity index (χ3n) is 9.60. The van der Waals surface area contributed by atoms with E-state index in [-0.39, 0.29) is 63.1 Å². The van der Waals surface area contributed by atoms with E-state index in [4.69, 9.17) is 59.0 Å². The maximum atomic E-state index is 14.3. The van der Waals surface area contributed by atoms with Crippen molar-refractivity contribution in [3.63, 3.8) is 0 Å². The quantitative estimate of drug-likeness (QED) is 0.0494. The number of nitrogens with zero attached hydrogens (tertiary/aromatic N) is 1. The van der Waals surface area contributed by atoms with Crippen molar-refractivity contribution in [1.29, 1.82) is 0 Å². The second-order valence-corrected chi connectivity index (χ2v) is 19.0. The minimum Gasteiger partial charge on any atom is -0.382 e. The Labute approximate surface area is 379 Å². The number of nitrogens with one attached hydrogen (secondary N) is 3. The van der Waals surface area contributed by atoms with E-state index in [1.807, 2.05) is 13.8 Å². The van der Waals surface area contributed by atoms with E-state index in [0.29, 0.717) is 118 Å². The molecule has 0 aromatic rings. The normalized spacial score (nSPS) is 16.6. The van der Waals surface area contributed by atoms with Gasteiger partial charge in [0.05, 0.1) is 98.6 Å². The van der Waals surface area contributed by atoms with Gasteiger partial charge in [0.2, 0.25) is 23.6 Å². The molecule has 2 unspecified atom stereocenters. The second kappa shape index (κ2) is 37.9. The molecule has 4 amide bonds. The Balaban J connectivity index is 3.02. The molecule has 4 N–H and O–H groups in total. The van der Waals surface area contributed by atoms with Gasteiger partial charge in [0.25, 0.3) is 0 Å². The predicted molar refractivity (Wildman–Crippen MR) is 237 cm³/mol. The number of hydrogen-bond acceptors (Lipinski definition) is 16. The monoisotopic (exact) mass is 944 g/mol. The molecule has 20 nitrogen and oxygen atoms in total. The summed E-state index contributed by atoms with van der Waals surface area (Å²) in [5.74, 6) is -2.81. The Morgan fingerprint density at radius 2 is 1.06 bits per heavy atom. The molecule has 0 spiro atoms. The van der Waals surface area contributed by atoms with Gasteiger partial charge in [-0.25, -0.2) is 0 Å². The molecule has 368 valence electrons. The smallest absolute Gasteiger partial charge is 0.246 e. The van der Waals surface area contributed by atoms with Gasteiger partial charge >= 0.3 is 0 Å². The fraction of sp³-hybridized carbons (Fsp3) is 0.878. The summed E-state index contributed by atoms with van der Waals surface area (Å²) in [7, 11) is 4.75. The third kappa shape index (κ3) is 30.6. The van der Waals surface area contributed by atoms with Crippen molar-refractivity contribution in [3.05, 3.63) is 0 Å². The minimum absolute atomic E-state index is 0.0427. The summed E-state index contributed by atoms with van der Waals surface area (Å²) in [6.07, 6.45) is 2.09. The van der Waals surface area contributed by atoms with E-state index in [1.54, 1.807) is 21.3 Å². The van der Waals surface area contributed by atoms with Crippen molar-refractivity contribution < 1.29 is 76.0 Å². The molecule has 0 heterocycles. The van der Waals surface area contributed by atoms with Crippen molar-refractivity contribution in [3.8, 4) is 0 Å². The van der Waals surface area contributed by atoms with E-state index >= 15 is 0 Å². The lowest BCUT2D eigenvalue weighted by molar-refractivity contribution is -0.143. The zero-order chi connectivity index (χ0) is 46.6. The van der Waals surface area contributed by atoms with Gasteiger partial charge in [0.1, 0.15) is 24.9 Å². The first-order valence-corrected chi connectivity index (χ1v) is 24.7. The molecule has 1 saturated carbocycles. The van der Waals surface area contributed by atoms with Crippen LogP contribution in [0.15, 0.2) is 0 Å². The first-order valence-electron chi connectivity index (χ1n) is 21.9. The summed E-state index contributed by atoms with van der Waals surface area (Å²) in [5, 5.41) is 8.26. The highest BCUT2D eigenvalue weighted by Crippen LogP contribution is 2.50. The molecule has 22 heteroatoms. The first kappa shape index (κ1) is 58.8. The van der Waals surface area contributed by atoms with Gasteiger partial charge in [-0.05, 0) is 50.3 Å². The molecule has 0 aromatic heterocycles. The van der Waals surface area contributed by atoms with Crippen LogP contribution in [0.5, 0.6) is 0 Å². The van der Waals surface area contributed by atoms with Crippen molar-refractivity contribution >= 4 is 47.7 Å². The Hall–Kier alpha value is -2.24. The van der Waals surface area contributed by atoms with Gasteiger partial charge in [-0.3, -0.25) is 24.0 Å². The number of Topliss-reactive ketones (excluding diaryl/α,β-unsaturated/α-hetero) is 1. The summed E-state index contributed by atoms with van der Waals surface area (Å²) >= 11 is 5.32. The van der Waals surface area contributed by atoms with Crippen LogP contribution in [0.25, 0.3) is 0 Å². The predicted octanol–water partition coefficient (Wildman–Crippen LogP) is 0.986. The van der Waals surface area contributed by atoms with Crippen LogP contribution in [0.1, 0.15) is 65.2 Å². The molecule has 1 aliphatic rings. The maximum absolute atomic E-state index is 14.3. The van der Waals surface area contributed by atoms with Crippen LogP contribution in [0, 0.1) is 5.92 Å². The van der Waals surface area contributed by atoms with Gasteiger partial charge < -0.3 is 72.9 Å². The van der Waals surface area contributed by atoms with Crippen LogP contribution in [0.2, 0.25) is 0 Å². The average molecular weight is 945 g/mol.